The monoisotopic (exact) mass is 620 g/mol. The van der Waals surface area contributed by atoms with Gasteiger partial charge in [-0.2, -0.15) is 0 Å². The van der Waals surface area contributed by atoms with E-state index in [1.165, 1.54) is 19.5 Å². The van der Waals surface area contributed by atoms with E-state index in [0.717, 1.165) is 122 Å². The molecular formula is C33H42Cl2N8. The summed E-state index contributed by atoms with van der Waals surface area (Å²) >= 11 is 12.3. The number of hydrogen-bond donors (Lipinski definition) is 2. The number of benzene rings is 2. The zero-order chi connectivity index (χ0) is 29.4. The molecule has 2 aliphatic heterocycles. The lowest BCUT2D eigenvalue weighted by Crippen LogP contribution is -2.49. The van der Waals surface area contributed by atoms with E-state index < -0.39 is 0 Å². The zero-order valence-corrected chi connectivity index (χ0v) is 26.3. The number of rotatable bonds is 12. The van der Waals surface area contributed by atoms with Crippen LogP contribution in [0.5, 0.6) is 0 Å². The molecule has 2 N–H and O–H groups in total. The first-order valence-corrected chi connectivity index (χ1v) is 16.3. The summed E-state index contributed by atoms with van der Waals surface area (Å²) in [5.74, 6) is 0. The highest BCUT2D eigenvalue weighted by molar-refractivity contribution is 6.31. The van der Waals surface area contributed by atoms with Crippen LogP contribution in [0.15, 0.2) is 60.9 Å². The van der Waals surface area contributed by atoms with Crippen LogP contribution in [0.4, 0.5) is 11.4 Å². The van der Waals surface area contributed by atoms with Gasteiger partial charge in [0, 0.05) is 123 Å². The average molecular weight is 622 g/mol. The Morgan fingerprint density at radius 1 is 0.535 bits per heavy atom. The number of piperazine rings is 2. The van der Waals surface area contributed by atoms with Gasteiger partial charge in [-0.25, -0.2) is 0 Å². The van der Waals surface area contributed by atoms with Gasteiger partial charge >= 0.3 is 0 Å². The molecule has 2 aromatic carbocycles. The van der Waals surface area contributed by atoms with Gasteiger partial charge in [0.1, 0.15) is 0 Å². The Kier molecular flexibility index (Phi) is 10.5. The van der Waals surface area contributed by atoms with Crippen molar-refractivity contribution in [2.75, 3.05) is 102 Å². The van der Waals surface area contributed by atoms with Crippen LogP contribution in [0, 0.1) is 0 Å². The molecule has 0 radical (unpaired) electrons. The third kappa shape index (κ3) is 8.26. The third-order valence-corrected chi connectivity index (χ3v) is 9.25. The minimum atomic E-state index is 0.722. The van der Waals surface area contributed by atoms with Gasteiger partial charge in [-0.05, 0) is 68.0 Å². The van der Waals surface area contributed by atoms with Crippen LogP contribution in [-0.2, 0) is 0 Å². The first-order chi connectivity index (χ1) is 21.1. The maximum absolute atomic E-state index is 6.13. The molecule has 0 bridgehead atoms. The molecule has 2 fully saturated rings. The number of nitrogens with zero attached hydrogens (tertiary/aromatic N) is 6. The molecule has 0 aliphatic carbocycles. The van der Waals surface area contributed by atoms with E-state index in [4.69, 9.17) is 23.2 Å². The number of anilines is 2. The van der Waals surface area contributed by atoms with Crippen LogP contribution >= 0.6 is 23.2 Å². The second-order valence-corrected chi connectivity index (χ2v) is 12.5. The highest BCUT2D eigenvalue weighted by Gasteiger charge is 2.19. The van der Waals surface area contributed by atoms with E-state index in [2.05, 4.69) is 40.2 Å². The highest BCUT2D eigenvalue weighted by Crippen LogP contribution is 2.25. The summed E-state index contributed by atoms with van der Waals surface area (Å²) in [5, 5.41) is 10.9. The molecule has 2 saturated heterocycles. The van der Waals surface area contributed by atoms with Crippen molar-refractivity contribution in [2.24, 2.45) is 0 Å². The maximum Gasteiger partial charge on any atom is 0.0737 e. The summed E-state index contributed by atoms with van der Waals surface area (Å²) in [6.07, 6.45) is 4.95. The second-order valence-electron chi connectivity index (χ2n) is 11.6. The fourth-order valence-electron chi connectivity index (χ4n) is 6.24. The maximum atomic E-state index is 6.13. The zero-order valence-electron chi connectivity index (χ0n) is 24.8. The van der Waals surface area contributed by atoms with Crippen LogP contribution in [0.1, 0.15) is 6.42 Å². The first kappa shape index (κ1) is 30.3. The number of fused-ring (bicyclic) bond motifs is 2. The Hall–Kier alpha value is -2.72. The molecule has 0 spiro atoms. The van der Waals surface area contributed by atoms with Crippen molar-refractivity contribution < 1.29 is 0 Å². The van der Waals surface area contributed by atoms with Gasteiger partial charge in [-0.3, -0.25) is 19.8 Å². The van der Waals surface area contributed by atoms with Crippen molar-refractivity contribution in [3.8, 4) is 0 Å². The van der Waals surface area contributed by atoms with Crippen LogP contribution in [0.25, 0.3) is 21.8 Å². The molecule has 4 aromatic rings. The second kappa shape index (κ2) is 14.8. The van der Waals surface area contributed by atoms with Gasteiger partial charge in [0.15, 0.2) is 0 Å². The lowest BCUT2D eigenvalue weighted by molar-refractivity contribution is 0.113. The summed E-state index contributed by atoms with van der Waals surface area (Å²) in [7, 11) is 0. The summed E-state index contributed by atoms with van der Waals surface area (Å²) in [4.78, 5) is 19.3. The lowest BCUT2D eigenvalue weighted by Gasteiger charge is -2.37. The minimum Gasteiger partial charge on any atom is -0.383 e. The Bertz CT molecular complexity index is 1370. The molecule has 10 heteroatoms. The van der Waals surface area contributed by atoms with Crippen LogP contribution in [-0.4, -0.2) is 121 Å². The molecule has 2 aromatic heterocycles. The van der Waals surface area contributed by atoms with E-state index in [9.17, 15) is 0 Å². The van der Waals surface area contributed by atoms with Crippen LogP contribution in [0.3, 0.4) is 0 Å². The van der Waals surface area contributed by atoms with Gasteiger partial charge in [-0.15, -0.1) is 0 Å². The van der Waals surface area contributed by atoms with E-state index >= 15 is 0 Å². The molecule has 228 valence electrons. The lowest BCUT2D eigenvalue weighted by atomic mass is 10.2. The van der Waals surface area contributed by atoms with Crippen molar-refractivity contribution in [3.63, 3.8) is 0 Å². The number of nitrogens with one attached hydrogen (secondary N) is 2. The van der Waals surface area contributed by atoms with E-state index in [0.29, 0.717) is 0 Å². The Morgan fingerprint density at radius 2 is 0.930 bits per heavy atom. The largest absolute Gasteiger partial charge is 0.383 e. The van der Waals surface area contributed by atoms with Crippen molar-refractivity contribution in [1.29, 1.82) is 0 Å². The standard InChI is InChI=1S/C33H42Cl2N8/c34-26-2-4-28-30(6-8-36-32(28)24-26)38-10-14-42-20-16-40(17-21-42)12-1-13-41-18-22-43(23-19-41)15-11-39-31-7-9-37-33-25-27(35)3-5-29(31)33/h2-9,24-25H,1,10-23H2,(H,36,38)(H,37,39). The van der Waals surface area contributed by atoms with Crippen LogP contribution < -0.4 is 10.6 Å². The molecular weight excluding hydrogens is 579 g/mol. The molecule has 0 unspecified atom stereocenters. The number of aromatic nitrogens is 2. The van der Waals surface area contributed by atoms with Crippen LogP contribution in [0.2, 0.25) is 10.0 Å². The quantitative estimate of drug-likeness (QED) is 0.223. The summed E-state index contributed by atoms with van der Waals surface area (Å²) in [5.41, 5.74) is 4.12. The van der Waals surface area contributed by atoms with Crippen molar-refractivity contribution in [3.05, 3.63) is 71.0 Å². The van der Waals surface area contributed by atoms with Gasteiger partial charge in [0.05, 0.1) is 11.0 Å². The number of pyridine rings is 2. The first-order valence-electron chi connectivity index (χ1n) is 15.6. The van der Waals surface area contributed by atoms with Crippen molar-refractivity contribution in [1.82, 2.24) is 29.6 Å². The Labute approximate surface area is 264 Å². The summed E-state index contributed by atoms with van der Waals surface area (Å²) in [6.45, 7) is 15.6. The third-order valence-electron chi connectivity index (χ3n) is 8.78. The minimum absolute atomic E-state index is 0.722. The van der Waals surface area contributed by atoms with Crippen molar-refractivity contribution >= 4 is 56.4 Å². The molecule has 2 aliphatic rings. The van der Waals surface area contributed by atoms with Gasteiger partial charge in [-0.1, -0.05) is 23.2 Å². The van der Waals surface area contributed by atoms with Gasteiger partial charge < -0.3 is 20.4 Å². The fraction of sp³-hybridized carbons (Fsp3) is 0.455. The van der Waals surface area contributed by atoms with E-state index in [1.807, 2.05) is 60.9 Å². The summed E-state index contributed by atoms with van der Waals surface area (Å²) < 4.78 is 0. The molecule has 6 rings (SSSR count). The molecule has 0 amide bonds. The fourth-order valence-corrected chi connectivity index (χ4v) is 6.57. The van der Waals surface area contributed by atoms with Gasteiger partial charge in [0.2, 0.25) is 0 Å². The Morgan fingerprint density at radius 3 is 1.35 bits per heavy atom. The number of hydrogen-bond acceptors (Lipinski definition) is 8. The predicted octanol–water partition coefficient (Wildman–Crippen LogP) is 5.24. The predicted molar refractivity (Wildman–Crippen MR) is 181 cm³/mol. The Balaban J connectivity index is 0.824. The van der Waals surface area contributed by atoms with Gasteiger partial charge in [0.25, 0.3) is 0 Å². The number of halogens is 2. The molecule has 8 nitrogen and oxygen atoms in total. The molecule has 43 heavy (non-hydrogen) atoms. The highest BCUT2D eigenvalue weighted by atomic mass is 35.5. The molecule has 0 atom stereocenters. The van der Waals surface area contributed by atoms with E-state index in [1.54, 1.807) is 0 Å². The van der Waals surface area contributed by atoms with Crippen molar-refractivity contribution in [2.45, 2.75) is 6.42 Å². The summed E-state index contributed by atoms with van der Waals surface area (Å²) in [6, 6.07) is 15.9. The SMILES string of the molecule is Clc1ccc2c(NCCN3CCN(CCCN4CCN(CCNc5ccnc6cc(Cl)ccc56)CC4)CC3)ccnc2c1. The average Bonchev–Trinajstić information content (AvgIpc) is 3.02. The molecule has 4 heterocycles. The van der Waals surface area contributed by atoms with E-state index in [-0.39, 0.29) is 0 Å². The molecule has 0 saturated carbocycles. The topological polar surface area (TPSA) is 62.8 Å². The smallest absolute Gasteiger partial charge is 0.0737 e. The normalized spacial score (nSPS) is 17.5.